The SMILES string of the molecule is CCCNc1ccc(S(=O)(=O)N(C)CCO)c([N+](=O)[O-])c1. The van der Waals surface area contributed by atoms with Crippen LogP contribution in [-0.2, 0) is 10.0 Å². The molecule has 0 fully saturated rings. The molecule has 0 amide bonds. The average molecular weight is 317 g/mol. The molecular formula is C12H19N3O5S. The molecule has 0 aromatic heterocycles. The third-order valence-electron chi connectivity index (χ3n) is 2.84. The van der Waals surface area contributed by atoms with Crippen LogP contribution in [0, 0.1) is 10.1 Å². The molecule has 0 aliphatic carbocycles. The molecule has 1 rings (SSSR count). The molecule has 1 aromatic carbocycles. The molecule has 118 valence electrons. The summed E-state index contributed by atoms with van der Waals surface area (Å²) >= 11 is 0. The topological polar surface area (TPSA) is 113 Å². The lowest BCUT2D eigenvalue weighted by molar-refractivity contribution is -0.387. The normalized spacial score (nSPS) is 11.6. The predicted molar refractivity (Wildman–Crippen MR) is 78.8 cm³/mol. The van der Waals surface area contributed by atoms with Gasteiger partial charge in [0.25, 0.3) is 5.69 Å². The van der Waals surface area contributed by atoms with Crippen LogP contribution in [0.15, 0.2) is 23.1 Å². The summed E-state index contributed by atoms with van der Waals surface area (Å²) in [6, 6.07) is 3.90. The molecule has 0 bridgehead atoms. The van der Waals surface area contributed by atoms with Gasteiger partial charge in [-0.3, -0.25) is 10.1 Å². The summed E-state index contributed by atoms with van der Waals surface area (Å²) in [6.45, 7) is 2.09. The second-order valence-corrected chi connectivity index (χ2v) is 6.43. The lowest BCUT2D eigenvalue weighted by Crippen LogP contribution is -2.30. The fraction of sp³-hybridized carbons (Fsp3) is 0.500. The highest BCUT2D eigenvalue weighted by Crippen LogP contribution is 2.29. The molecule has 0 saturated carbocycles. The first kappa shape index (κ1) is 17.3. The Kier molecular flexibility index (Phi) is 6.06. The summed E-state index contributed by atoms with van der Waals surface area (Å²) in [7, 11) is -2.75. The maximum Gasteiger partial charge on any atom is 0.291 e. The molecule has 8 nitrogen and oxygen atoms in total. The summed E-state index contributed by atoms with van der Waals surface area (Å²) in [4.78, 5) is 10.0. The van der Waals surface area contributed by atoms with Gasteiger partial charge in [-0.15, -0.1) is 0 Å². The monoisotopic (exact) mass is 317 g/mol. The Labute approximate surface area is 123 Å². The van der Waals surface area contributed by atoms with Gasteiger partial charge in [0.05, 0.1) is 11.5 Å². The van der Waals surface area contributed by atoms with Crippen molar-refractivity contribution < 1.29 is 18.4 Å². The second-order valence-electron chi connectivity index (χ2n) is 4.42. The molecular weight excluding hydrogens is 298 g/mol. The number of nitro benzene ring substituents is 1. The summed E-state index contributed by atoms with van der Waals surface area (Å²) in [6.07, 6.45) is 0.840. The molecule has 9 heteroatoms. The molecule has 0 radical (unpaired) electrons. The maximum absolute atomic E-state index is 12.3. The Morgan fingerprint density at radius 3 is 2.62 bits per heavy atom. The van der Waals surface area contributed by atoms with Crippen LogP contribution in [0.25, 0.3) is 0 Å². The molecule has 0 aliphatic heterocycles. The van der Waals surface area contributed by atoms with Crippen LogP contribution in [0.3, 0.4) is 0 Å². The van der Waals surface area contributed by atoms with E-state index in [1.54, 1.807) is 0 Å². The van der Waals surface area contributed by atoms with E-state index in [1.165, 1.54) is 25.2 Å². The van der Waals surface area contributed by atoms with Gasteiger partial charge >= 0.3 is 0 Å². The van der Waals surface area contributed by atoms with E-state index in [1.807, 2.05) is 6.92 Å². The van der Waals surface area contributed by atoms with Gasteiger partial charge in [-0.2, -0.15) is 4.31 Å². The van der Waals surface area contributed by atoms with Crippen LogP contribution < -0.4 is 5.32 Å². The van der Waals surface area contributed by atoms with E-state index < -0.39 is 20.6 Å². The average Bonchev–Trinajstić information content (AvgIpc) is 2.44. The largest absolute Gasteiger partial charge is 0.395 e. The van der Waals surface area contributed by atoms with Crippen molar-refractivity contribution in [2.75, 3.05) is 32.1 Å². The highest BCUT2D eigenvalue weighted by Gasteiger charge is 2.29. The van der Waals surface area contributed by atoms with Crippen molar-refractivity contribution in [1.82, 2.24) is 4.31 Å². The zero-order valence-corrected chi connectivity index (χ0v) is 12.8. The summed E-state index contributed by atoms with van der Waals surface area (Å²) < 4.78 is 25.4. The van der Waals surface area contributed by atoms with Crippen LogP contribution in [0.1, 0.15) is 13.3 Å². The molecule has 0 atom stereocenters. The van der Waals surface area contributed by atoms with Gasteiger partial charge in [-0.1, -0.05) is 6.92 Å². The zero-order valence-electron chi connectivity index (χ0n) is 11.9. The van der Waals surface area contributed by atoms with Gasteiger partial charge in [-0.05, 0) is 18.6 Å². The number of likely N-dealkylation sites (N-methyl/N-ethyl adjacent to an activating group) is 1. The Morgan fingerprint density at radius 2 is 2.10 bits per heavy atom. The first-order chi connectivity index (χ1) is 9.84. The van der Waals surface area contributed by atoms with E-state index in [0.29, 0.717) is 12.2 Å². The Bertz CT molecular complexity index is 603. The van der Waals surface area contributed by atoms with Crippen molar-refractivity contribution in [3.63, 3.8) is 0 Å². The number of hydrogen-bond acceptors (Lipinski definition) is 6. The van der Waals surface area contributed by atoms with E-state index >= 15 is 0 Å². The first-order valence-electron chi connectivity index (χ1n) is 6.44. The van der Waals surface area contributed by atoms with Crippen LogP contribution in [0.4, 0.5) is 11.4 Å². The molecule has 1 aromatic rings. The van der Waals surface area contributed by atoms with Gasteiger partial charge in [0.15, 0.2) is 4.90 Å². The fourth-order valence-electron chi connectivity index (χ4n) is 1.69. The molecule has 0 spiro atoms. The van der Waals surface area contributed by atoms with Crippen LogP contribution in [0.2, 0.25) is 0 Å². The number of hydrogen-bond donors (Lipinski definition) is 2. The van der Waals surface area contributed by atoms with E-state index in [9.17, 15) is 18.5 Å². The van der Waals surface area contributed by atoms with E-state index in [-0.39, 0.29) is 18.0 Å². The molecule has 0 saturated heterocycles. The molecule has 21 heavy (non-hydrogen) atoms. The Morgan fingerprint density at radius 1 is 1.43 bits per heavy atom. The van der Waals surface area contributed by atoms with Crippen molar-refractivity contribution in [3.05, 3.63) is 28.3 Å². The molecule has 0 aliphatic rings. The molecule has 2 N–H and O–H groups in total. The third-order valence-corrected chi connectivity index (χ3v) is 4.74. The van der Waals surface area contributed by atoms with E-state index in [0.717, 1.165) is 10.7 Å². The van der Waals surface area contributed by atoms with Crippen molar-refractivity contribution in [1.29, 1.82) is 0 Å². The summed E-state index contributed by atoms with van der Waals surface area (Å²) in [5, 5.41) is 22.9. The zero-order chi connectivity index (χ0) is 16.0. The first-order valence-corrected chi connectivity index (χ1v) is 7.88. The lowest BCUT2D eigenvalue weighted by Gasteiger charge is -2.16. The van der Waals surface area contributed by atoms with Crippen molar-refractivity contribution in [2.24, 2.45) is 0 Å². The van der Waals surface area contributed by atoms with Gasteiger partial charge < -0.3 is 10.4 Å². The molecule has 0 heterocycles. The van der Waals surface area contributed by atoms with Gasteiger partial charge in [-0.25, -0.2) is 8.42 Å². The van der Waals surface area contributed by atoms with Gasteiger partial charge in [0.1, 0.15) is 0 Å². The summed E-state index contributed by atoms with van der Waals surface area (Å²) in [5.41, 5.74) is 0.00760. The second kappa shape index (κ2) is 7.34. The van der Waals surface area contributed by atoms with Crippen LogP contribution in [0.5, 0.6) is 0 Å². The van der Waals surface area contributed by atoms with E-state index in [2.05, 4.69) is 5.32 Å². The van der Waals surface area contributed by atoms with Crippen molar-refractivity contribution >= 4 is 21.4 Å². The number of aliphatic hydroxyl groups excluding tert-OH is 1. The Hall–Kier alpha value is -1.71. The van der Waals surface area contributed by atoms with Crippen LogP contribution in [-0.4, -0.2) is 49.5 Å². The standard InChI is InChI=1S/C12H19N3O5S/c1-3-6-13-10-4-5-12(11(9-10)15(17)18)21(19,20)14(2)7-8-16/h4-5,9,13,16H,3,6-8H2,1-2H3. The lowest BCUT2D eigenvalue weighted by atomic mass is 10.2. The highest BCUT2D eigenvalue weighted by molar-refractivity contribution is 7.89. The Balaban J connectivity index is 3.26. The number of nitro groups is 1. The number of nitrogens with zero attached hydrogens (tertiary/aromatic N) is 2. The van der Waals surface area contributed by atoms with Gasteiger partial charge in [0, 0.05) is 31.9 Å². The number of rotatable bonds is 8. The van der Waals surface area contributed by atoms with E-state index in [4.69, 9.17) is 5.11 Å². The minimum absolute atomic E-state index is 0.130. The number of nitrogens with one attached hydrogen (secondary N) is 1. The number of sulfonamides is 1. The fourth-order valence-corrected chi connectivity index (χ4v) is 2.98. The van der Waals surface area contributed by atoms with Crippen molar-refractivity contribution in [3.8, 4) is 0 Å². The quantitative estimate of drug-likeness (QED) is 0.547. The maximum atomic E-state index is 12.3. The number of anilines is 1. The minimum atomic E-state index is -4.01. The third kappa shape index (κ3) is 4.13. The molecule has 0 unspecified atom stereocenters. The predicted octanol–water partition coefficient (Wildman–Crippen LogP) is 1.03. The minimum Gasteiger partial charge on any atom is -0.395 e. The van der Waals surface area contributed by atoms with Crippen molar-refractivity contribution in [2.45, 2.75) is 18.2 Å². The smallest absolute Gasteiger partial charge is 0.291 e. The number of benzene rings is 1. The van der Waals surface area contributed by atoms with Crippen LogP contribution >= 0.6 is 0 Å². The highest BCUT2D eigenvalue weighted by atomic mass is 32.2. The number of aliphatic hydroxyl groups is 1. The van der Waals surface area contributed by atoms with Gasteiger partial charge in [0.2, 0.25) is 10.0 Å². The summed E-state index contributed by atoms with van der Waals surface area (Å²) in [5.74, 6) is 0.